The molecule has 8 heteroatoms. The van der Waals surface area contributed by atoms with Gasteiger partial charge in [0, 0.05) is 5.39 Å². The smallest absolute Gasteiger partial charge is 0.339 e. The number of allylic oxidation sites excluding steroid dienone is 1. The molecule has 0 unspecified atom stereocenters. The highest BCUT2D eigenvalue weighted by molar-refractivity contribution is 6.07. The fraction of sp³-hybridized carbons (Fsp3) is 0.148. The number of amides is 1. The first-order valence-electron chi connectivity index (χ1n) is 11.1. The maximum Gasteiger partial charge on any atom is 0.339 e. The number of ether oxygens (including phenoxy) is 1. The fourth-order valence-electron chi connectivity index (χ4n) is 4.25. The van der Waals surface area contributed by atoms with Crippen molar-refractivity contribution < 1.29 is 27.5 Å². The van der Waals surface area contributed by atoms with Crippen LogP contribution in [0.25, 0.3) is 22.6 Å². The molecule has 2 aromatic heterocycles. The van der Waals surface area contributed by atoms with E-state index in [2.05, 4.69) is 5.32 Å². The van der Waals surface area contributed by atoms with Crippen molar-refractivity contribution >= 4 is 40.1 Å². The van der Waals surface area contributed by atoms with Gasteiger partial charge in [-0.1, -0.05) is 24.3 Å². The molecule has 1 amide bonds. The SMILES string of the molecule is O=C(COC(=O)c1c2c(nc3ccccc13)/C(=C\c1ccco1)CCC2)Nc1c(F)cccc1F. The average Bonchev–Trinajstić information content (AvgIpc) is 3.37. The van der Waals surface area contributed by atoms with Crippen LogP contribution in [0.3, 0.4) is 0 Å². The van der Waals surface area contributed by atoms with Crippen LogP contribution in [-0.4, -0.2) is 23.5 Å². The first kappa shape index (κ1) is 22.5. The predicted molar refractivity (Wildman–Crippen MR) is 127 cm³/mol. The Kier molecular flexibility index (Phi) is 6.10. The van der Waals surface area contributed by atoms with E-state index in [-0.39, 0.29) is 0 Å². The summed E-state index contributed by atoms with van der Waals surface area (Å²) in [5.74, 6) is -2.72. The van der Waals surface area contributed by atoms with Crippen LogP contribution in [0.15, 0.2) is 65.3 Å². The van der Waals surface area contributed by atoms with E-state index in [1.807, 2.05) is 18.2 Å². The van der Waals surface area contributed by atoms with Crippen molar-refractivity contribution in [3.05, 3.63) is 95.1 Å². The number of pyridine rings is 1. The molecule has 1 aliphatic carbocycles. The third kappa shape index (κ3) is 4.55. The Bertz CT molecular complexity index is 1440. The van der Waals surface area contributed by atoms with Crippen LogP contribution in [0.4, 0.5) is 14.5 Å². The summed E-state index contributed by atoms with van der Waals surface area (Å²) in [7, 11) is 0. The highest BCUT2D eigenvalue weighted by Crippen LogP contribution is 2.36. The number of fused-ring (bicyclic) bond motifs is 2. The first-order valence-corrected chi connectivity index (χ1v) is 11.1. The van der Waals surface area contributed by atoms with Crippen LogP contribution in [-0.2, 0) is 16.0 Å². The van der Waals surface area contributed by atoms with Gasteiger partial charge in [-0.25, -0.2) is 18.6 Å². The molecule has 0 saturated carbocycles. The van der Waals surface area contributed by atoms with Gasteiger partial charge in [0.1, 0.15) is 23.1 Å². The number of hydrogen-bond acceptors (Lipinski definition) is 5. The molecule has 5 rings (SSSR count). The highest BCUT2D eigenvalue weighted by Gasteiger charge is 2.26. The number of esters is 1. The first-order chi connectivity index (χ1) is 17.0. The van der Waals surface area contributed by atoms with Crippen LogP contribution >= 0.6 is 0 Å². The molecule has 0 radical (unpaired) electrons. The molecular weight excluding hydrogens is 454 g/mol. The molecule has 6 nitrogen and oxygen atoms in total. The number of benzene rings is 2. The van der Waals surface area contributed by atoms with Gasteiger partial charge in [-0.2, -0.15) is 0 Å². The molecule has 0 fully saturated rings. The summed E-state index contributed by atoms with van der Waals surface area (Å²) < 4.78 is 38.4. The third-order valence-electron chi connectivity index (χ3n) is 5.80. The second kappa shape index (κ2) is 9.50. The Morgan fingerprint density at radius 2 is 1.83 bits per heavy atom. The lowest BCUT2D eigenvalue weighted by Crippen LogP contribution is -2.23. The van der Waals surface area contributed by atoms with Gasteiger partial charge in [0.05, 0.1) is 23.0 Å². The number of halogens is 2. The second-order valence-corrected chi connectivity index (χ2v) is 8.09. The third-order valence-corrected chi connectivity index (χ3v) is 5.80. The van der Waals surface area contributed by atoms with E-state index in [1.54, 1.807) is 30.5 Å². The number of rotatable bonds is 5. The fourth-order valence-corrected chi connectivity index (χ4v) is 4.25. The van der Waals surface area contributed by atoms with Crippen molar-refractivity contribution in [2.75, 3.05) is 11.9 Å². The topological polar surface area (TPSA) is 81.4 Å². The summed E-state index contributed by atoms with van der Waals surface area (Å²) in [6.45, 7) is -0.701. The van der Waals surface area contributed by atoms with E-state index in [9.17, 15) is 18.4 Å². The van der Waals surface area contributed by atoms with Gasteiger partial charge in [0.15, 0.2) is 6.61 Å². The molecule has 1 aliphatic rings. The summed E-state index contributed by atoms with van der Waals surface area (Å²) >= 11 is 0. The molecule has 0 spiro atoms. The molecule has 0 saturated heterocycles. The van der Waals surface area contributed by atoms with Crippen molar-refractivity contribution in [3.8, 4) is 0 Å². The van der Waals surface area contributed by atoms with Crippen molar-refractivity contribution in [3.63, 3.8) is 0 Å². The summed E-state index contributed by atoms with van der Waals surface area (Å²) in [5.41, 5.74) is 2.72. The quantitative estimate of drug-likeness (QED) is 0.371. The van der Waals surface area contributed by atoms with E-state index in [1.165, 1.54) is 6.07 Å². The number of para-hydroxylation sites is 2. The van der Waals surface area contributed by atoms with E-state index in [4.69, 9.17) is 14.1 Å². The zero-order chi connectivity index (χ0) is 24.4. The van der Waals surface area contributed by atoms with E-state index >= 15 is 0 Å². The van der Waals surface area contributed by atoms with E-state index < -0.39 is 35.8 Å². The van der Waals surface area contributed by atoms with Gasteiger partial charge < -0.3 is 14.5 Å². The van der Waals surface area contributed by atoms with Gasteiger partial charge >= 0.3 is 5.97 Å². The number of carbonyl (C=O) groups excluding carboxylic acids is 2. The predicted octanol–water partition coefficient (Wildman–Crippen LogP) is 5.78. The number of carbonyl (C=O) groups is 2. The Balaban J connectivity index is 1.46. The Morgan fingerprint density at radius 1 is 1.03 bits per heavy atom. The number of aromatic nitrogens is 1. The summed E-state index contributed by atoms with van der Waals surface area (Å²) in [5, 5.41) is 2.73. The number of nitrogens with one attached hydrogen (secondary N) is 1. The zero-order valence-electron chi connectivity index (χ0n) is 18.5. The van der Waals surface area contributed by atoms with Crippen molar-refractivity contribution in [2.24, 2.45) is 0 Å². The monoisotopic (exact) mass is 474 g/mol. The van der Waals surface area contributed by atoms with Crippen molar-refractivity contribution in [2.45, 2.75) is 19.3 Å². The molecule has 35 heavy (non-hydrogen) atoms. The summed E-state index contributed by atoms with van der Waals surface area (Å²) in [4.78, 5) is 30.3. The Morgan fingerprint density at radius 3 is 2.60 bits per heavy atom. The minimum absolute atomic E-state index is 0.334. The number of nitrogens with zero attached hydrogens (tertiary/aromatic N) is 1. The van der Waals surface area contributed by atoms with Gasteiger partial charge in [-0.05, 0) is 66.8 Å². The normalized spacial score (nSPS) is 14.1. The zero-order valence-corrected chi connectivity index (χ0v) is 18.5. The number of furan rings is 1. The molecular formula is C27H20F2N2O4. The van der Waals surface area contributed by atoms with Gasteiger partial charge in [0.2, 0.25) is 0 Å². The van der Waals surface area contributed by atoms with Crippen LogP contribution in [0.1, 0.15) is 40.2 Å². The maximum absolute atomic E-state index is 13.8. The lowest BCUT2D eigenvalue weighted by atomic mass is 9.86. The van der Waals surface area contributed by atoms with Gasteiger partial charge in [0.25, 0.3) is 5.91 Å². The van der Waals surface area contributed by atoms with Crippen LogP contribution in [0.5, 0.6) is 0 Å². The van der Waals surface area contributed by atoms with Crippen molar-refractivity contribution in [1.29, 1.82) is 0 Å². The molecule has 176 valence electrons. The minimum Gasteiger partial charge on any atom is -0.465 e. The standard InChI is InChI=1S/C27H20F2N2O4/c28-20-10-4-11-21(29)26(20)31-23(32)15-35-27(33)24-18-8-1-2-12-22(18)30-25-16(6-3-9-19(24)25)14-17-7-5-13-34-17/h1-2,4-5,7-8,10-14H,3,6,9,15H2,(H,31,32)/b16-14-. The van der Waals surface area contributed by atoms with Gasteiger partial charge in [-0.15, -0.1) is 0 Å². The molecule has 0 aliphatic heterocycles. The van der Waals surface area contributed by atoms with Crippen LogP contribution in [0.2, 0.25) is 0 Å². The van der Waals surface area contributed by atoms with E-state index in [0.717, 1.165) is 36.1 Å². The number of hydrogen-bond donors (Lipinski definition) is 1. The minimum atomic E-state index is -0.922. The Labute approximate surface area is 199 Å². The molecule has 2 heterocycles. The molecule has 0 bridgehead atoms. The van der Waals surface area contributed by atoms with Crippen LogP contribution in [0, 0.1) is 11.6 Å². The summed E-state index contributed by atoms with van der Waals surface area (Å²) in [6.07, 6.45) is 5.67. The molecule has 0 atom stereocenters. The van der Waals surface area contributed by atoms with Crippen LogP contribution < -0.4 is 5.32 Å². The lowest BCUT2D eigenvalue weighted by Gasteiger charge is -2.22. The maximum atomic E-state index is 13.8. The lowest BCUT2D eigenvalue weighted by molar-refractivity contribution is -0.119. The van der Waals surface area contributed by atoms with Gasteiger partial charge in [-0.3, -0.25) is 4.79 Å². The molecule has 1 N–H and O–H groups in total. The van der Waals surface area contributed by atoms with Crippen molar-refractivity contribution in [1.82, 2.24) is 4.98 Å². The average molecular weight is 474 g/mol. The molecule has 4 aromatic rings. The highest BCUT2D eigenvalue weighted by atomic mass is 19.1. The second-order valence-electron chi connectivity index (χ2n) is 8.09. The largest absolute Gasteiger partial charge is 0.465 e. The number of anilines is 1. The molecule has 2 aromatic carbocycles. The van der Waals surface area contributed by atoms with E-state index in [0.29, 0.717) is 34.3 Å². The summed E-state index contributed by atoms with van der Waals surface area (Å²) in [6, 6.07) is 14.1. The Hall–Kier alpha value is -4.33.